The van der Waals surface area contributed by atoms with Crippen molar-refractivity contribution in [3.63, 3.8) is 0 Å². The van der Waals surface area contributed by atoms with Crippen molar-refractivity contribution in [1.29, 1.82) is 0 Å². The summed E-state index contributed by atoms with van der Waals surface area (Å²) in [5.41, 5.74) is 3.42. The lowest BCUT2D eigenvalue weighted by Gasteiger charge is -2.27. The van der Waals surface area contributed by atoms with Gasteiger partial charge in [-0.05, 0) is 37.8 Å². The van der Waals surface area contributed by atoms with E-state index in [1.165, 1.54) is 7.11 Å². The molecule has 1 amide bonds. The number of ether oxygens (including phenoxy) is 1. The van der Waals surface area contributed by atoms with Gasteiger partial charge in [-0.15, -0.1) is 0 Å². The monoisotopic (exact) mass is 393 g/mol. The van der Waals surface area contributed by atoms with Crippen LogP contribution in [0.3, 0.4) is 0 Å². The van der Waals surface area contributed by atoms with E-state index < -0.39 is 0 Å². The summed E-state index contributed by atoms with van der Waals surface area (Å²) < 4.78 is 6.78. The first kappa shape index (κ1) is 19.1. The minimum absolute atomic E-state index is 0.0431. The number of nitrogens with zero attached hydrogens (tertiary/aromatic N) is 2. The molecule has 3 aromatic rings. The summed E-state index contributed by atoms with van der Waals surface area (Å²) in [6.07, 6.45) is 7.03. The van der Waals surface area contributed by atoms with Crippen LogP contribution in [0.25, 0.3) is 22.4 Å². The van der Waals surface area contributed by atoms with Crippen LogP contribution in [0.4, 0.5) is 0 Å². The smallest absolute Gasteiger partial charge is 0.308 e. The van der Waals surface area contributed by atoms with Crippen molar-refractivity contribution in [2.45, 2.75) is 31.7 Å². The highest BCUT2D eigenvalue weighted by Gasteiger charge is 2.27. The van der Waals surface area contributed by atoms with Gasteiger partial charge in [-0.25, -0.2) is 9.55 Å². The van der Waals surface area contributed by atoms with Gasteiger partial charge in [-0.3, -0.25) is 9.59 Å². The zero-order chi connectivity index (χ0) is 20.4. The van der Waals surface area contributed by atoms with Crippen LogP contribution in [0.2, 0.25) is 0 Å². The SMILES string of the molecule is COC(=O)C1CCC(NC(=O)c2ccc(-c3nc4cc[n+](C)cc4[nH]3)cc2)CC1. The Bertz CT molecular complexity index is 1030. The Labute approximate surface area is 169 Å². The van der Waals surface area contributed by atoms with Crippen LogP contribution in [0.15, 0.2) is 42.7 Å². The van der Waals surface area contributed by atoms with Crippen LogP contribution >= 0.6 is 0 Å². The molecule has 2 aromatic heterocycles. The van der Waals surface area contributed by atoms with Gasteiger partial charge in [0.2, 0.25) is 0 Å². The van der Waals surface area contributed by atoms with Crippen molar-refractivity contribution in [2.75, 3.05) is 7.11 Å². The summed E-state index contributed by atoms with van der Waals surface area (Å²) in [4.78, 5) is 32.1. The second kappa shape index (κ2) is 8.03. The molecule has 0 saturated heterocycles. The van der Waals surface area contributed by atoms with E-state index in [2.05, 4.69) is 15.3 Å². The van der Waals surface area contributed by atoms with E-state index in [0.29, 0.717) is 5.56 Å². The predicted molar refractivity (Wildman–Crippen MR) is 108 cm³/mol. The molecule has 29 heavy (non-hydrogen) atoms. The van der Waals surface area contributed by atoms with Crippen LogP contribution in [0.1, 0.15) is 36.0 Å². The van der Waals surface area contributed by atoms with Gasteiger partial charge >= 0.3 is 5.97 Å². The first-order chi connectivity index (χ1) is 14.0. The Morgan fingerprint density at radius 2 is 1.86 bits per heavy atom. The zero-order valence-corrected chi connectivity index (χ0v) is 16.6. The Kier molecular flexibility index (Phi) is 5.29. The third-order valence-corrected chi connectivity index (χ3v) is 5.58. The maximum atomic E-state index is 12.6. The Morgan fingerprint density at radius 1 is 1.14 bits per heavy atom. The molecule has 2 heterocycles. The summed E-state index contributed by atoms with van der Waals surface area (Å²) in [5, 5.41) is 3.08. The summed E-state index contributed by atoms with van der Waals surface area (Å²) in [7, 11) is 3.39. The number of carbonyl (C=O) groups excluding carboxylic acids is 2. The number of imidazole rings is 1. The molecular weight excluding hydrogens is 368 g/mol. The number of carbonyl (C=O) groups is 2. The van der Waals surface area contributed by atoms with Crippen LogP contribution < -0.4 is 9.88 Å². The molecule has 0 aliphatic heterocycles. The number of amides is 1. The number of aryl methyl sites for hydroxylation is 1. The van der Waals surface area contributed by atoms with Gasteiger partial charge in [0.05, 0.1) is 13.0 Å². The fraction of sp³-hybridized carbons (Fsp3) is 0.364. The van der Waals surface area contributed by atoms with Crippen molar-refractivity contribution in [3.05, 3.63) is 48.3 Å². The van der Waals surface area contributed by atoms with Crippen molar-refractivity contribution >= 4 is 22.9 Å². The van der Waals surface area contributed by atoms with Gasteiger partial charge < -0.3 is 15.0 Å². The summed E-state index contributed by atoms with van der Waals surface area (Å²) in [6, 6.07) is 9.50. The quantitative estimate of drug-likeness (QED) is 0.527. The number of nitrogens with one attached hydrogen (secondary N) is 2. The van der Waals surface area contributed by atoms with Crippen LogP contribution in [-0.2, 0) is 16.6 Å². The van der Waals surface area contributed by atoms with Gasteiger partial charge in [-0.1, -0.05) is 12.1 Å². The molecule has 7 nitrogen and oxygen atoms in total. The Morgan fingerprint density at radius 3 is 2.55 bits per heavy atom. The first-order valence-electron chi connectivity index (χ1n) is 9.87. The lowest BCUT2D eigenvalue weighted by molar-refractivity contribution is -0.670. The van der Waals surface area contributed by atoms with Crippen molar-refractivity contribution in [2.24, 2.45) is 13.0 Å². The standard InChI is InChI=1S/C22H24N4O3/c1-26-12-11-18-19(13-26)25-20(24-18)14-3-5-15(6-4-14)21(27)23-17-9-7-16(8-10-17)22(28)29-2/h3-6,11-13,16-17H,7-10H2,1-2H3,(H,23,27)/p+1. The topological polar surface area (TPSA) is 88.0 Å². The molecule has 0 radical (unpaired) electrons. The molecule has 7 heteroatoms. The molecule has 0 atom stereocenters. The molecule has 1 aliphatic rings. The highest BCUT2D eigenvalue weighted by Crippen LogP contribution is 2.26. The second-order valence-electron chi connectivity index (χ2n) is 7.62. The fourth-order valence-electron chi connectivity index (χ4n) is 3.89. The maximum Gasteiger partial charge on any atom is 0.308 e. The molecule has 2 N–H and O–H groups in total. The number of aromatic amines is 1. The molecule has 150 valence electrons. The molecule has 0 bridgehead atoms. The van der Waals surface area contributed by atoms with Crippen molar-refractivity contribution in [3.8, 4) is 11.4 Å². The number of hydrogen-bond acceptors (Lipinski definition) is 4. The average Bonchev–Trinajstić information content (AvgIpc) is 3.17. The first-order valence-corrected chi connectivity index (χ1v) is 9.87. The number of pyridine rings is 1. The Balaban J connectivity index is 1.39. The highest BCUT2D eigenvalue weighted by atomic mass is 16.5. The number of esters is 1. The zero-order valence-electron chi connectivity index (χ0n) is 16.6. The van der Waals surface area contributed by atoms with Crippen LogP contribution in [-0.4, -0.2) is 35.0 Å². The number of hydrogen-bond donors (Lipinski definition) is 2. The summed E-state index contributed by atoms with van der Waals surface area (Å²) >= 11 is 0. The van der Waals surface area contributed by atoms with E-state index in [9.17, 15) is 9.59 Å². The molecular formula is C22H25N4O3+. The molecule has 0 unspecified atom stereocenters. The third kappa shape index (κ3) is 4.13. The van der Waals surface area contributed by atoms with E-state index in [4.69, 9.17) is 4.74 Å². The van der Waals surface area contributed by atoms with Gasteiger partial charge in [-0.2, -0.15) is 0 Å². The van der Waals surface area contributed by atoms with Gasteiger partial charge in [0.15, 0.2) is 12.4 Å². The largest absolute Gasteiger partial charge is 0.469 e. The molecule has 1 aliphatic carbocycles. The lowest BCUT2D eigenvalue weighted by atomic mass is 9.86. The normalized spacial score (nSPS) is 19.1. The number of benzene rings is 1. The van der Waals surface area contributed by atoms with E-state index in [1.54, 1.807) is 0 Å². The number of H-pyrrole nitrogens is 1. The van der Waals surface area contributed by atoms with Crippen molar-refractivity contribution < 1.29 is 18.9 Å². The second-order valence-corrected chi connectivity index (χ2v) is 7.62. The maximum absolute atomic E-state index is 12.6. The number of fused-ring (bicyclic) bond motifs is 1. The van der Waals surface area contributed by atoms with E-state index in [-0.39, 0.29) is 23.8 Å². The van der Waals surface area contributed by atoms with E-state index in [1.807, 2.05) is 54.3 Å². The van der Waals surface area contributed by atoms with Gasteiger partial charge in [0, 0.05) is 23.2 Å². The number of rotatable bonds is 4. The van der Waals surface area contributed by atoms with Crippen molar-refractivity contribution in [1.82, 2.24) is 15.3 Å². The molecule has 1 aromatic carbocycles. The molecule has 4 rings (SSSR count). The third-order valence-electron chi connectivity index (χ3n) is 5.58. The predicted octanol–water partition coefficient (Wildman–Crippen LogP) is 2.52. The summed E-state index contributed by atoms with van der Waals surface area (Å²) in [5.74, 6) is 0.497. The van der Waals surface area contributed by atoms with Gasteiger partial charge in [0.25, 0.3) is 5.91 Å². The average molecular weight is 393 g/mol. The van der Waals surface area contributed by atoms with Crippen LogP contribution in [0.5, 0.6) is 0 Å². The fourth-order valence-corrected chi connectivity index (χ4v) is 3.89. The van der Waals surface area contributed by atoms with E-state index >= 15 is 0 Å². The Hall–Kier alpha value is -3.22. The number of methoxy groups -OCH3 is 1. The van der Waals surface area contributed by atoms with E-state index in [0.717, 1.165) is 48.1 Å². The van der Waals surface area contributed by atoms with Crippen LogP contribution in [0, 0.1) is 5.92 Å². The minimum Gasteiger partial charge on any atom is -0.469 e. The molecule has 0 spiro atoms. The summed E-state index contributed by atoms with van der Waals surface area (Å²) in [6.45, 7) is 0. The molecule has 1 saturated carbocycles. The lowest BCUT2D eigenvalue weighted by Crippen LogP contribution is -2.38. The number of aromatic nitrogens is 3. The highest BCUT2D eigenvalue weighted by molar-refractivity contribution is 5.95. The van der Waals surface area contributed by atoms with Gasteiger partial charge in [0.1, 0.15) is 23.9 Å². The molecule has 1 fully saturated rings. The minimum atomic E-state index is -0.148.